The molecule has 0 saturated heterocycles. The third-order valence-corrected chi connectivity index (χ3v) is 5.24. The van der Waals surface area contributed by atoms with Crippen LogP contribution in [0, 0.1) is 31.6 Å². The Bertz CT molecular complexity index is 763. The van der Waals surface area contributed by atoms with Gasteiger partial charge in [0.05, 0.1) is 12.2 Å². The van der Waals surface area contributed by atoms with Crippen LogP contribution in [-0.4, -0.2) is 17.6 Å². The molecule has 5 radical (unpaired) electrons. The van der Waals surface area contributed by atoms with Crippen molar-refractivity contribution in [3.63, 3.8) is 0 Å². The highest BCUT2D eigenvalue weighted by atomic mass is 16.5. The molecule has 2 heterocycles. The van der Waals surface area contributed by atoms with Gasteiger partial charge in [-0.1, -0.05) is 0 Å². The molecule has 5 heteroatoms. The van der Waals surface area contributed by atoms with Gasteiger partial charge in [0.2, 0.25) is 5.88 Å². The monoisotopic (exact) mass is 351 g/mol. The fourth-order valence-corrected chi connectivity index (χ4v) is 4.05. The molecule has 2 N–H and O–H groups in total. The van der Waals surface area contributed by atoms with Crippen LogP contribution in [0.4, 0.5) is 5.69 Å². The number of nitrogen functional groups attached to an aromatic ring is 1. The number of nitrogens with two attached hydrogens (primary N) is 1. The van der Waals surface area contributed by atoms with E-state index in [1.807, 2.05) is 25.7 Å². The molecule has 0 spiro atoms. The molecule has 1 saturated carbocycles. The van der Waals surface area contributed by atoms with Gasteiger partial charge in [-0.05, 0) is 76.7 Å². The molecule has 0 bridgehead atoms. The lowest BCUT2D eigenvalue weighted by atomic mass is 9.76. The van der Waals surface area contributed by atoms with Crippen molar-refractivity contribution in [2.45, 2.75) is 45.4 Å². The zero-order valence-corrected chi connectivity index (χ0v) is 15.2. The predicted octanol–water partition coefficient (Wildman–Crippen LogP) is 3.26. The van der Waals surface area contributed by atoms with Crippen LogP contribution in [0.15, 0.2) is 11.3 Å². The van der Waals surface area contributed by atoms with Gasteiger partial charge in [0.25, 0.3) is 0 Å². The summed E-state index contributed by atoms with van der Waals surface area (Å²) in [5.74, 6) is 1.39. The number of fused-ring (bicyclic) bond motifs is 2. The van der Waals surface area contributed by atoms with Crippen LogP contribution in [0.3, 0.4) is 0 Å². The summed E-state index contributed by atoms with van der Waals surface area (Å²) in [6.07, 6.45) is 12.0. The fraction of sp³-hybridized carbons (Fsp3) is 0.381. The number of pyridine rings is 1. The number of esters is 1. The van der Waals surface area contributed by atoms with Gasteiger partial charge in [0.1, 0.15) is 5.76 Å². The Balaban J connectivity index is 1.87. The van der Waals surface area contributed by atoms with Crippen LogP contribution < -0.4 is 10.5 Å². The van der Waals surface area contributed by atoms with Gasteiger partial charge in [-0.3, -0.25) is 0 Å². The van der Waals surface area contributed by atoms with Crippen LogP contribution in [0.25, 0.3) is 0 Å². The maximum atomic E-state index is 12.7. The molecule has 1 aliphatic heterocycles. The number of aromatic nitrogens is 1. The lowest BCUT2D eigenvalue weighted by molar-refractivity contribution is -0.139. The summed E-state index contributed by atoms with van der Waals surface area (Å²) in [5.41, 5.74) is 10.8. The normalized spacial score (nSPS) is 22.6. The Morgan fingerprint density at radius 2 is 2.04 bits per heavy atom. The van der Waals surface area contributed by atoms with Crippen LogP contribution in [0.2, 0.25) is 0 Å². The number of carbonyl (C=O) groups excluding carboxylic acids is 1. The first-order valence-corrected chi connectivity index (χ1v) is 9.20. The second kappa shape index (κ2) is 6.93. The number of anilines is 1. The van der Waals surface area contributed by atoms with Gasteiger partial charge in [0.15, 0.2) is 0 Å². The van der Waals surface area contributed by atoms with E-state index in [-0.39, 0.29) is 11.9 Å². The Labute approximate surface area is 155 Å². The first-order chi connectivity index (χ1) is 12.6. The van der Waals surface area contributed by atoms with Crippen molar-refractivity contribution < 1.29 is 14.3 Å². The van der Waals surface area contributed by atoms with Crippen LogP contribution >= 0.6 is 0 Å². The number of hydrogen-bond donors (Lipinski definition) is 1. The van der Waals surface area contributed by atoms with Gasteiger partial charge < -0.3 is 15.2 Å². The van der Waals surface area contributed by atoms with E-state index in [1.165, 1.54) is 0 Å². The molecule has 26 heavy (non-hydrogen) atoms. The second-order valence-corrected chi connectivity index (χ2v) is 6.82. The lowest BCUT2D eigenvalue weighted by Crippen LogP contribution is -2.28. The van der Waals surface area contributed by atoms with Crippen molar-refractivity contribution in [3.05, 3.63) is 59.8 Å². The lowest BCUT2D eigenvalue weighted by Gasteiger charge is -2.34. The average molecular weight is 351 g/mol. The number of rotatable bonds is 3. The van der Waals surface area contributed by atoms with Crippen molar-refractivity contribution in [2.24, 2.45) is 0 Å². The molecule has 5 nitrogen and oxygen atoms in total. The Morgan fingerprint density at radius 3 is 2.77 bits per heavy atom. The third-order valence-electron chi connectivity index (χ3n) is 5.24. The number of ether oxygens (including phenoxy) is 2. The Morgan fingerprint density at radius 1 is 1.31 bits per heavy atom. The first kappa shape index (κ1) is 17.4. The molecule has 1 aromatic heterocycles. The molecule has 0 amide bonds. The van der Waals surface area contributed by atoms with Crippen molar-refractivity contribution in [3.8, 4) is 5.88 Å². The fourth-order valence-electron chi connectivity index (χ4n) is 4.05. The van der Waals surface area contributed by atoms with Crippen LogP contribution in [0.5, 0.6) is 5.88 Å². The van der Waals surface area contributed by atoms with E-state index in [0.717, 1.165) is 48.4 Å². The molecule has 0 aromatic carbocycles. The number of allylic oxidation sites excluding steroid dienone is 1. The maximum absolute atomic E-state index is 12.7. The molecule has 1 aromatic rings. The highest BCUT2D eigenvalue weighted by Crippen LogP contribution is 2.51. The quantitative estimate of drug-likeness (QED) is 0.846. The zero-order valence-electron chi connectivity index (χ0n) is 15.2. The highest BCUT2D eigenvalue weighted by molar-refractivity contribution is 5.93. The van der Waals surface area contributed by atoms with E-state index in [0.29, 0.717) is 29.5 Å². The van der Waals surface area contributed by atoms with Crippen molar-refractivity contribution in [2.75, 3.05) is 12.3 Å². The first-order valence-electron chi connectivity index (χ1n) is 9.20. The molecule has 1 fully saturated rings. The van der Waals surface area contributed by atoms with Gasteiger partial charge >= 0.3 is 5.97 Å². The summed E-state index contributed by atoms with van der Waals surface area (Å²) < 4.78 is 11.3. The van der Waals surface area contributed by atoms with Crippen LogP contribution in [-0.2, 0) is 22.4 Å². The third kappa shape index (κ3) is 2.78. The van der Waals surface area contributed by atoms with E-state index in [1.54, 1.807) is 13.8 Å². The minimum Gasteiger partial charge on any atom is -0.463 e. The average Bonchev–Trinajstić information content (AvgIpc) is 3.15. The van der Waals surface area contributed by atoms with Gasteiger partial charge in [-0.2, -0.15) is 0 Å². The number of aryl methyl sites for hydroxylation is 1. The molecular weight excluding hydrogens is 328 g/mol. The highest BCUT2D eigenvalue weighted by Gasteiger charge is 2.43. The Hall–Kier alpha value is -2.04. The maximum Gasteiger partial charge on any atom is 0.338 e. The van der Waals surface area contributed by atoms with Crippen molar-refractivity contribution in [1.29, 1.82) is 0 Å². The number of hydrogen-bond acceptors (Lipinski definition) is 5. The molecule has 3 aliphatic rings. The van der Waals surface area contributed by atoms with E-state index in [4.69, 9.17) is 20.2 Å². The second-order valence-electron chi connectivity index (χ2n) is 6.82. The SMILES string of the molecule is CCOC(=O)C1=C(C)Oc2nc3c(c(N)c2C1[C]1[CH][CH][CH][CH]1)CCCC3. The summed E-state index contributed by atoms with van der Waals surface area (Å²) in [5, 5.41) is 0. The predicted molar refractivity (Wildman–Crippen MR) is 98.4 cm³/mol. The number of nitrogens with zero attached hydrogens (tertiary/aromatic N) is 1. The zero-order chi connectivity index (χ0) is 18.3. The molecule has 2 aliphatic carbocycles. The summed E-state index contributed by atoms with van der Waals surface area (Å²) in [7, 11) is 0. The van der Waals surface area contributed by atoms with Crippen molar-refractivity contribution in [1.82, 2.24) is 4.98 Å². The summed E-state index contributed by atoms with van der Waals surface area (Å²) in [4.78, 5) is 17.5. The minimum atomic E-state index is -0.362. The van der Waals surface area contributed by atoms with E-state index < -0.39 is 0 Å². The smallest absolute Gasteiger partial charge is 0.338 e. The summed E-state index contributed by atoms with van der Waals surface area (Å²) >= 11 is 0. The van der Waals surface area contributed by atoms with E-state index >= 15 is 0 Å². The molecule has 1 unspecified atom stereocenters. The van der Waals surface area contributed by atoms with Gasteiger partial charge in [0, 0.05) is 22.9 Å². The minimum absolute atomic E-state index is 0.312. The van der Waals surface area contributed by atoms with E-state index in [9.17, 15) is 4.79 Å². The Kier molecular flexibility index (Phi) is 4.63. The summed E-state index contributed by atoms with van der Waals surface area (Å²) in [6, 6.07) is 0. The standard InChI is InChI=1S/C21H23N2O3/c1-3-25-21(24)16-12(2)26-20-18(17(16)13-8-4-5-9-13)19(22)14-10-6-7-11-15(14)23-20/h4-5,8-9,17H,3,6-7,10-11H2,1-2H3,(H2,22,23). The van der Waals surface area contributed by atoms with Gasteiger partial charge in [-0.25, -0.2) is 9.78 Å². The molecule has 135 valence electrons. The van der Waals surface area contributed by atoms with E-state index in [2.05, 4.69) is 0 Å². The van der Waals surface area contributed by atoms with Crippen LogP contribution in [0.1, 0.15) is 49.4 Å². The molecular formula is C21H23N2O3. The topological polar surface area (TPSA) is 74.4 Å². The van der Waals surface area contributed by atoms with Crippen molar-refractivity contribution >= 4 is 11.7 Å². The molecule has 4 rings (SSSR count). The largest absolute Gasteiger partial charge is 0.463 e. The summed E-state index contributed by atoms with van der Waals surface area (Å²) in [6.45, 7) is 3.91. The van der Waals surface area contributed by atoms with Gasteiger partial charge in [-0.15, -0.1) is 0 Å². The molecule has 1 atom stereocenters. The number of carbonyl (C=O) groups is 1.